The van der Waals surface area contributed by atoms with Crippen LogP contribution in [0.15, 0.2) is 38.6 Å². The first-order valence-electron chi connectivity index (χ1n) is 6.08. The molecule has 0 unspecified atom stereocenters. The van der Waals surface area contributed by atoms with E-state index in [0.29, 0.717) is 22.0 Å². The minimum absolute atomic E-state index is 0.300. The highest BCUT2D eigenvalue weighted by atomic mass is 79.9. The summed E-state index contributed by atoms with van der Waals surface area (Å²) in [6.45, 7) is 1.65. The molecule has 21 heavy (non-hydrogen) atoms. The van der Waals surface area contributed by atoms with Crippen LogP contribution in [0.25, 0.3) is 0 Å². The topological polar surface area (TPSA) is 72.0 Å². The van der Waals surface area contributed by atoms with Crippen molar-refractivity contribution in [1.82, 2.24) is 9.97 Å². The zero-order valence-electron chi connectivity index (χ0n) is 11.5. The molecule has 0 atom stereocenters. The SMILES string of the molecule is COC(=O)c1c(SCc2ccccc2Br)nc(=O)[nH]c1C. The van der Waals surface area contributed by atoms with Crippen LogP contribution < -0.4 is 5.69 Å². The highest BCUT2D eigenvalue weighted by Gasteiger charge is 2.18. The molecule has 0 radical (unpaired) electrons. The van der Waals surface area contributed by atoms with Gasteiger partial charge in [-0.3, -0.25) is 0 Å². The summed E-state index contributed by atoms with van der Waals surface area (Å²) >= 11 is 4.79. The van der Waals surface area contributed by atoms with Gasteiger partial charge in [-0.15, -0.1) is 11.8 Å². The van der Waals surface area contributed by atoms with Crippen LogP contribution in [0.1, 0.15) is 21.6 Å². The smallest absolute Gasteiger partial charge is 0.346 e. The zero-order valence-corrected chi connectivity index (χ0v) is 13.9. The van der Waals surface area contributed by atoms with Crippen molar-refractivity contribution in [2.75, 3.05) is 7.11 Å². The van der Waals surface area contributed by atoms with Crippen LogP contribution in [0.5, 0.6) is 0 Å². The minimum Gasteiger partial charge on any atom is -0.465 e. The number of ether oxygens (including phenoxy) is 1. The summed E-state index contributed by atoms with van der Waals surface area (Å²) in [7, 11) is 1.30. The van der Waals surface area contributed by atoms with Gasteiger partial charge in [-0.1, -0.05) is 34.1 Å². The molecule has 0 saturated carbocycles. The summed E-state index contributed by atoms with van der Waals surface area (Å²) in [5.74, 6) is 0.0762. The van der Waals surface area contributed by atoms with Gasteiger partial charge < -0.3 is 9.72 Å². The number of hydrogen-bond donors (Lipinski definition) is 1. The molecule has 1 aromatic carbocycles. The minimum atomic E-state index is -0.508. The third-order valence-corrected chi connectivity index (χ3v) is 4.60. The van der Waals surface area contributed by atoms with Gasteiger partial charge in [0.2, 0.25) is 0 Å². The fourth-order valence-electron chi connectivity index (χ4n) is 1.77. The fraction of sp³-hybridized carbons (Fsp3) is 0.214. The molecule has 1 N–H and O–H groups in total. The Morgan fingerprint density at radius 2 is 2.14 bits per heavy atom. The van der Waals surface area contributed by atoms with Crippen LogP contribution in [0.4, 0.5) is 0 Å². The Morgan fingerprint density at radius 1 is 1.43 bits per heavy atom. The van der Waals surface area contributed by atoms with Crippen molar-refractivity contribution < 1.29 is 9.53 Å². The third kappa shape index (κ3) is 3.74. The van der Waals surface area contributed by atoms with Crippen molar-refractivity contribution in [2.45, 2.75) is 17.7 Å². The van der Waals surface area contributed by atoms with E-state index >= 15 is 0 Å². The van der Waals surface area contributed by atoms with Crippen molar-refractivity contribution in [2.24, 2.45) is 0 Å². The van der Waals surface area contributed by atoms with Crippen molar-refractivity contribution in [3.8, 4) is 0 Å². The van der Waals surface area contributed by atoms with Gasteiger partial charge in [-0.25, -0.2) is 9.59 Å². The molecule has 0 amide bonds. The van der Waals surface area contributed by atoms with E-state index in [0.717, 1.165) is 10.0 Å². The number of nitrogens with one attached hydrogen (secondary N) is 1. The lowest BCUT2D eigenvalue weighted by Crippen LogP contribution is -2.19. The summed E-state index contributed by atoms with van der Waals surface area (Å²) in [5.41, 5.74) is 1.33. The Hall–Kier alpha value is -1.60. The molecular weight excluding hydrogens is 356 g/mol. The lowest BCUT2D eigenvalue weighted by molar-refractivity contribution is 0.0594. The number of methoxy groups -OCH3 is 1. The van der Waals surface area contributed by atoms with E-state index in [9.17, 15) is 9.59 Å². The molecule has 0 saturated heterocycles. The standard InChI is InChI=1S/C14H13BrN2O3S/c1-8-11(13(18)20-2)12(17-14(19)16-8)21-7-9-5-3-4-6-10(9)15/h3-6H,7H2,1-2H3,(H,16,17,19). The number of benzene rings is 1. The van der Waals surface area contributed by atoms with Crippen molar-refractivity contribution in [3.05, 3.63) is 56.0 Å². The average Bonchev–Trinajstić information content (AvgIpc) is 2.45. The lowest BCUT2D eigenvalue weighted by atomic mass is 10.2. The highest BCUT2D eigenvalue weighted by Crippen LogP contribution is 2.28. The van der Waals surface area contributed by atoms with E-state index in [-0.39, 0.29) is 0 Å². The number of esters is 1. The second-order valence-electron chi connectivity index (χ2n) is 4.22. The summed E-state index contributed by atoms with van der Waals surface area (Å²) in [6.07, 6.45) is 0. The molecule has 2 aromatic rings. The van der Waals surface area contributed by atoms with Crippen LogP contribution in [0.3, 0.4) is 0 Å². The summed E-state index contributed by atoms with van der Waals surface area (Å²) in [4.78, 5) is 29.7. The maximum Gasteiger partial charge on any atom is 0.346 e. The van der Waals surface area contributed by atoms with Crippen LogP contribution in [-0.4, -0.2) is 23.0 Å². The molecule has 0 bridgehead atoms. The normalized spacial score (nSPS) is 10.4. The van der Waals surface area contributed by atoms with E-state index in [1.165, 1.54) is 18.9 Å². The molecule has 0 aliphatic carbocycles. The number of carbonyl (C=O) groups is 1. The predicted molar refractivity (Wildman–Crippen MR) is 84.6 cm³/mol. The molecule has 0 aliphatic heterocycles. The monoisotopic (exact) mass is 368 g/mol. The molecule has 7 heteroatoms. The van der Waals surface area contributed by atoms with E-state index in [1.807, 2.05) is 24.3 Å². The first-order chi connectivity index (χ1) is 10.0. The maximum absolute atomic E-state index is 11.8. The van der Waals surface area contributed by atoms with Gasteiger partial charge in [0.1, 0.15) is 10.6 Å². The molecule has 110 valence electrons. The van der Waals surface area contributed by atoms with Gasteiger partial charge in [0.25, 0.3) is 0 Å². The van der Waals surface area contributed by atoms with E-state index in [1.54, 1.807) is 6.92 Å². The quantitative estimate of drug-likeness (QED) is 0.510. The number of aromatic nitrogens is 2. The largest absolute Gasteiger partial charge is 0.465 e. The number of aromatic amines is 1. The number of nitrogens with zero attached hydrogens (tertiary/aromatic N) is 1. The fourth-order valence-corrected chi connectivity index (χ4v) is 3.45. The van der Waals surface area contributed by atoms with Crippen molar-refractivity contribution in [1.29, 1.82) is 0 Å². The first-order valence-corrected chi connectivity index (χ1v) is 7.86. The van der Waals surface area contributed by atoms with Gasteiger partial charge in [-0.2, -0.15) is 4.98 Å². The molecular formula is C14H13BrN2O3S. The lowest BCUT2D eigenvalue weighted by Gasteiger charge is -2.09. The number of halogens is 1. The molecule has 2 rings (SSSR count). The maximum atomic E-state index is 11.8. The molecule has 1 heterocycles. The van der Waals surface area contributed by atoms with Gasteiger partial charge in [0, 0.05) is 15.9 Å². The van der Waals surface area contributed by atoms with Gasteiger partial charge in [0.05, 0.1) is 7.11 Å². The molecule has 5 nitrogen and oxygen atoms in total. The van der Waals surface area contributed by atoms with E-state index in [2.05, 4.69) is 25.9 Å². The van der Waals surface area contributed by atoms with Crippen LogP contribution >= 0.6 is 27.7 Å². The number of rotatable bonds is 4. The second-order valence-corrected chi connectivity index (χ2v) is 6.04. The molecule has 1 aromatic heterocycles. The molecule has 0 fully saturated rings. The Balaban J connectivity index is 2.33. The Kier molecular flexibility index (Phi) is 5.19. The second kappa shape index (κ2) is 6.91. The van der Waals surface area contributed by atoms with Crippen molar-refractivity contribution in [3.63, 3.8) is 0 Å². The number of H-pyrrole nitrogens is 1. The predicted octanol–water partition coefficient (Wildman–Crippen LogP) is 2.92. The number of carbonyl (C=O) groups excluding carboxylic acids is 1. The van der Waals surface area contributed by atoms with Crippen molar-refractivity contribution >= 4 is 33.7 Å². The Labute approximate surface area is 134 Å². The number of aryl methyl sites for hydroxylation is 1. The number of thioether (sulfide) groups is 1. The summed E-state index contributed by atoms with van der Waals surface area (Å²) in [5, 5.41) is 0.374. The van der Waals surface area contributed by atoms with Gasteiger partial charge >= 0.3 is 11.7 Å². The summed E-state index contributed by atoms with van der Waals surface area (Å²) in [6, 6.07) is 7.76. The van der Waals surface area contributed by atoms with E-state index < -0.39 is 11.7 Å². The summed E-state index contributed by atoms with van der Waals surface area (Å²) < 4.78 is 5.72. The number of hydrogen-bond acceptors (Lipinski definition) is 5. The average molecular weight is 369 g/mol. The Bertz CT molecular complexity index is 730. The molecule has 0 aliphatic rings. The Morgan fingerprint density at radius 3 is 2.81 bits per heavy atom. The first kappa shape index (κ1) is 15.8. The van der Waals surface area contributed by atoms with E-state index in [4.69, 9.17) is 4.74 Å². The van der Waals surface area contributed by atoms with Crippen LogP contribution in [0, 0.1) is 6.92 Å². The molecule has 0 spiro atoms. The van der Waals surface area contributed by atoms with Gasteiger partial charge in [-0.05, 0) is 18.6 Å². The van der Waals surface area contributed by atoms with Gasteiger partial charge in [0.15, 0.2) is 0 Å². The van der Waals surface area contributed by atoms with Crippen LogP contribution in [0.2, 0.25) is 0 Å². The van der Waals surface area contributed by atoms with Crippen LogP contribution in [-0.2, 0) is 10.5 Å². The third-order valence-electron chi connectivity index (χ3n) is 2.80. The zero-order chi connectivity index (χ0) is 15.4. The highest BCUT2D eigenvalue weighted by molar-refractivity contribution is 9.10.